The number of esters is 4. The quantitative estimate of drug-likeness (QED) is 0.383. The highest BCUT2D eigenvalue weighted by molar-refractivity contribution is 5.67. The van der Waals surface area contributed by atoms with Gasteiger partial charge in [-0.15, -0.1) is 0 Å². The minimum Gasteiger partial charge on any atom is -0.466 e. The molecule has 10 heteroatoms. The van der Waals surface area contributed by atoms with Crippen molar-refractivity contribution in [2.75, 3.05) is 13.2 Å². The minimum atomic E-state index is -1.10. The van der Waals surface area contributed by atoms with Crippen molar-refractivity contribution in [2.24, 2.45) is 17.8 Å². The summed E-state index contributed by atoms with van der Waals surface area (Å²) >= 11 is 0. The Hall–Kier alpha value is -2.20. The summed E-state index contributed by atoms with van der Waals surface area (Å²) in [6.45, 7) is 11.3. The second-order valence-electron chi connectivity index (χ2n) is 9.04. The molecule has 188 valence electrons. The van der Waals surface area contributed by atoms with Gasteiger partial charge >= 0.3 is 23.9 Å². The van der Waals surface area contributed by atoms with Gasteiger partial charge in [0.05, 0.1) is 13.2 Å². The molecule has 2 saturated heterocycles. The van der Waals surface area contributed by atoms with E-state index in [4.69, 9.17) is 28.4 Å². The predicted molar refractivity (Wildman–Crippen MR) is 114 cm³/mol. The Morgan fingerprint density at radius 2 is 1.61 bits per heavy atom. The highest BCUT2D eigenvalue weighted by atomic mass is 16.7. The smallest absolute Gasteiger partial charge is 0.303 e. The number of ether oxygens (including phenoxy) is 6. The summed E-state index contributed by atoms with van der Waals surface area (Å²) in [7, 11) is 0. The summed E-state index contributed by atoms with van der Waals surface area (Å²) in [5.74, 6) is -3.65. The molecule has 0 aromatic carbocycles. The summed E-state index contributed by atoms with van der Waals surface area (Å²) in [5.41, 5.74) is 0. The minimum absolute atomic E-state index is 0.140. The molecular weight excluding hydrogens is 436 g/mol. The van der Waals surface area contributed by atoms with E-state index in [0.717, 1.165) is 0 Å². The van der Waals surface area contributed by atoms with Crippen LogP contribution in [0.4, 0.5) is 0 Å². The maximum absolute atomic E-state index is 12.0. The number of carbonyl (C=O) groups excluding carboxylic acids is 4. The van der Waals surface area contributed by atoms with Crippen molar-refractivity contribution in [1.29, 1.82) is 0 Å². The Balaban J connectivity index is 2.36. The van der Waals surface area contributed by atoms with Crippen LogP contribution in [-0.2, 0) is 47.6 Å². The Labute approximate surface area is 194 Å². The summed E-state index contributed by atoms with van der Waals surface area (Å²) < 4.78 is 34.2. The third-order valence-corrected chi connectivity index (χ3v) is 6.39. The van der Waals surface area contributed by atoms with E-state index in [1.165, 1.54) is 27.7 Å². The molecule has 8 atom stereocenters. The topological polar surface area (TPSA) is 124 Å². The molecule has 33 heavy (non-hydrogen) atoms. The molecule has 2 fully saturated rings. The fraction of sp³-hybridized carbons (Fsp3) is 0.826. The molecule has 2 aliphatic heterocycles. The van der Waals surface area contributed by atoms with Crippen molar-refractivity contribution in [3.63, 3.8) is 0 Å². The van der Waals surface area contributed by atoms with Gasteiger partial charge in [-0.25, -0.2) is 0 Å². The van der Waals surface area contributed by atoms with Crippen LogP contribution in [0.3, 0.4) is 0 Å². The first-order chi connectivity index (χ1) is 15.4. The summed E-state index contributed by atoms with van der Waals surface area (Å²) in [6, 6.07) is 0. The lowest BCUT2D eigenvalue weighted by molar-refractivity contribution is -0.336. The Morgan fingerprint density at radius 1 is 0.970 bits per heavy atom. The van der Waals surface area contributed by atoms with Gasteiger partial charge in [0.25, 0.3) is 0 Å². The van der Waals surface area contributed by atoms with Gasteiger partial charge in [0.2, 0.25) is 0 Å². The molecule has 2 heterocycles. The van der Waals surface area contributed by atoms with Gasteiger partial charge in [0, 0.05) is 46.0 Å². The largest absolute Gasteiger partial charge is 0.466 e. The fourth-order valence-corrected chi connectivity index (χ4v) is 4.64. The van der Waals surface area contributed by atoms with Crippen molar-refractivity contribution in [1.82, 2.24) is 0 Å². The summed E-state index contributed by atoms with van der Waals surface area (Å²) in [5, 5.41) is 0. The van der Waals surface area contributed by atoms with Crippen LogP contribution in [0.2, 0.25) is 0 Å². The molecule has 0 unspecified atom stereocenters. The molecular formula is C23H36O10. The highest BCUT2D eigenvalue weighted by Gasteiger charge is 2.59. The Kier molecular flexibility index (Phi) is 9.25. The number of hydrogen-bond acceptors (Lipinski definition) is 10. The number of carbonyl (C=O) groups is 4. The van der Waals surface area contributed by atoms with Gasteiger partial charge in [-0.2, -0.15) is 0 Å². The van der Waals surface area contributed by atoms with Crippen LogP contribution in [0, 0.1) is 17.8 Å². The SMILES string of the molecule is CC(=O)OCC[C@@H](C)[C@H](OC(C)=O)[C@@H]1O[C@]2(C[C@H](OC(C)=O)CO2)[C@@H](C)[C@H](C)[C@H]1OC(C)=O. The van der Waals surface area contributed by atoms with E-state index in [-0.39, 0.29) is 31.0 Å². The van der Waals surface area contributed by atoms with Crippen LogP contribution in [0.5, 0.6) is 0 Å². The molecule has 0 aliphatic carbocycles. The van der Waals surface area contributed by atoms with E-state index >= 15 is 0 Å². The second kappa shape index (κ2) is 11.3. The highest BCUT2D eigenvalue weighted by Crippen LogP contribution is 2.48. The first-order valence-corrected chi connectivity index (χ1v) is 11.3. The molecule has 0 radical (unpaired) electrons. The Bertz CT molecular complexity index is 737. The molecule has 0 aromatic rings. The molecule has 0 amide bonds. The van der Waals surface area contributed by atoms with Gasteiger partial charge in [-0.3, -0.25) is 19.2 Å². The number of hydrogen-bond donors (Lipinski definition) is 0. The second-order valence-corrected chi connectivity index (χ2v) is 9.04. The van der Waals surface area contributed by atoms with Crippen molar-refractivity contribution in [2.45, 2.75) is 91.5 Å². The molecule has 1 spiro atoms. The van der Waals surface area contributed by atoms with Crippen molar-refractivity contribution >= 4 is 23.9 Å². The van der Waals surface area contributed by atoms with Crippen LogP contribution in [0.15, 0.2) is 0 Å². The van der Waals surface area contributed by atoms with E-state index in [1.54, 1.807) is 0 Å². The maximum atomic E-state index is 12.0. The Morgan fingerprint density at radius 3 is 2.15 bits per heavy atom. The molecule has 0 N–H and O–H groups in total. The summed E-state index contributed by atoms with van der Waals surface area (Å²) in [6.07, 6.45) is -2.12. The maximum Gasteiger partial charge on any atom is 0.303 e. The third kappa shape index (κ3) is 6.89. The monoisotopic (exact) mass is 472 g/mol. The van der Waals surface area contributed by atoms with Crippen molar-refractivity contribution < 1.29 is 47.6 Å². The number of rotatable bonds is 8. The van der Waals surface area contributed by atoms with E-state index in [9.17, 15) is 19.2 Å². The lowest BCUT2D eigenvalue weighted by Gasteiger charge is -2.51. The molecule has 0 saturated carbocycles. The molecule has 0 aromatic heterocycles. The van der Waals surface area contributed by atoms with Crippen molar-refractivity contribution in [3.05, 3.63) is 0 Å². The molecule has 10 nitrogen and oxygen atoms in total. The van der Waals surface area contributed by atoms with Gasteiger partial charge in [0.1, 0.15) is 24.4 Å². The average molecular weight is 473 g/mol. The lowest BCUT2D eigenvalue weighted by Crippen LogP contribution is -2.62. The summed E-state index contributed by atoms with van der Waals surface area (Å²) in [4.78, 5) is 46.5. The predicted octanol–water partition coefficient (Wildman–Crippen LogP) is 2.16. The van der Waals surface area contributed by atoms with E-state index in [2.05, 4.69) is 0 Å². The molecule has 2 aliphatic rings. The molecule has 0 bridgehead atoms. The standard InChI is InChI=1S/C23H36O10/c1-12(8-9-28-15(4)24)20(31-17(6)26)22-21(32-18(7)27)13(2)14(3)23(33-22)10-19(11-29-23)30-16(5)25/h12-14,19-22H,8-11H2,1-7H3/t12-,13+,14+,19+,20+,21-,22+,23-/m1/s1. The van der Waals surface area contributed by atoms with E-state index in [0.29, 0.717) is 12.8 Å². The first-order valence-electron chi connectivity index (χ1n) is 11.3. The van der Waals surface area contributed by atoms with E-state index in [1.807, 2.05) is 20.8 Å². The van der Waals surface area contributed by atoms with Crippen LogP contribution in [-0.4, -0.2) is 67.3 Å². The molecule has 2 rings (SSSR count). The van der Waals surface area contributed by atoms with Crippen molar-refractivity contribution in [3.8, 4) is 0 Å². The van der Waals surface area contributed by atoms with Gasteiger partial charge in [0.15, 0.2) is 5.79 Å². The van der Waals surface area contributed by atoms with Crippen LogP contribution in [0.1, 0.15) is 61.3 Å². The zero-order valence-corrected chi connectivity index (χ0v) is 20.5. The zero-order valence-electron chi connectivity index (χ0n) is 20.5. The van der Waals surface area contributed by atoms with Crippen LogP contribution in [0.25, 0.3) is 0 Å². The van der Waals surface area contributed by atoms with Crippen LogP contribution < -0.4 is 0 Å². The van der Waals surface area contributed by atoms with Gasteiger partial charge in [-0.05, 0) is 12.3 Å². The zero-order chi connectivity index (χ0) is 24.9. The van der Waals surface area contributed by atoms with Crippen LogP contribution >= 0.6 is 0 Å². The fourth-order valence-electron chi connectivity index (χ4n) is 4.64. The third-order valence-electron chi connectivity index (χ3n) is 6.39. The first kappa shape index (κ1) is 27.0. The lowest BCUT2D eigenvalue weighted by atomic mass is 9.75. The van der Waals surface area contributed by atoms with Gasteiger partial charge < -0.3 is 28.4 Å². The van der Waals surface area contributed by atoms with E-state index < -0.39 is 54.1 Å². The van der Waals surface area contributed by atoms with Gasteiger partial charge in [-0.1, -0.05) is 20.8 Å². The average Bonchev–Trinajstić information content (AvgIpc) is 3.08. The normalized spacial score (nSPS) is 33.1.